The number of hydrogen-bond donors (Lipinski definition) is 2. The minimum Gasteiger partial charge on any atom is -0.493 e. The first-order valence-corrected chi connectivity index (χ1v) is 8.64. The molecule has 0 atom stereocenters. The number of nitrogens with zero attached hydrogens (tertiary/aromatic N) is 3. The van der Waals surface area contributed by atoms with Crippen LogP contribution < -0.4 is 14.8 Å². The summed E-state index contributed by atoms with van der Waals surface area (Å²) >= 11 is 0. The lowest BCUT2D eigenvalue weighted by Gasteiger charge is -2.10. The molecule has 4 rings (SSSR count). The van der Waals surface area contributed by atoms with Crippen molar-refractivity contribution in [3.05, 3.63) is 59.8 Å². The van der Waals surface area contributed by atoms with Gasteiger partial charge in [-0.25, -0.2) is 4.98 Å². The molecule has 142 valence electrons. The van der Waals surface area contributed by atoms with Gasteiger partial charge in [-0.1, -0.05) is 12.1 Å². The van der Waals surface area contributed by atoms with Gasteiger partial charge in [0.05, 0.1) is 30.9 Å². The van der Waals surface area contributed by atoms with Gasteiger partial charge in [-0.2, -0.15) is 9.78 Å². The maximum absolute atomic E-state index is 12.8. The normalized spacial score (nSPS) is 10.8. The Hall–Kier alpha value is -3.81. The quantitative estimate of drug-likeness (QED) is 0.556. The van der Waals surface area contributed by atoms with Crippen molar-refractivity contribution >= 4 is 22.8 Å². The monoisotopic (exact) mass is 377 g/mol. The highest BCUT2D eigenvalue weighted by atomic mass is 16.5. The van der Waals surface area contributed by atoms with Crippen LogP contribution in [-0.4, -0.2) is 39.9 Å². The summed E-state index contributed by atoms with van der Waals surface area (Å²) < 4.78 is 12.1. The van der Waals surface area contributed by atoms with E-state index in [9.17, 15) is 4.79 Å². The Balaban J connectivity index is 1.66. The van der Waals surface area contributed by atoms with Crippen LogP contribution in [0, 0.1) is 6.92 Å². The molecule has 28 heavy (non-hydrogen) atoms. The summed E-state index contributed by atoms with van der Waals surface area (Å²) in [5.74, 6) is 1.78. The van der Waals surface area contributed by atoms with Crippen molar-refractivity contribution in [1.82, 2.24) is 19.7 Å². The van der Waals surface area contributed by atoms with Crippen LogP contribution in [-0.2, 0) is 0 Å². The van der Waals surface area contributed by atoms with Crippen LogP contribution in [0.25, 0.3) is 17.0 Å². The largest absolute Gasteiger partial charge is 0.493 e. The number of rotatable bonds is 5. The van der Waals surface area contributed by atoms with E-state index in [2.05, 4.69) is 20.4 Å². The number of carbonyl (C=O) groups is 1. The van der Waals surface area contributed by atoms with Gasteiger partial charge in [0.1, 0.15) is 5.82 Å². The average Bonchev–Trinajstić information content (AvgIpc) is 3.30. The predicted octanol–water partition coefficient (Wildman–Crippen LogP) is 3.33. The molecule has 2 heterocycles. The second-order valence-electron chi connectivity index (χ2n) is 6.18. The van der Waals surface area contributed by atoms with Crippen LogP contribution in [0.3, 0.4) is 0 Å². The number of amides is 1. The average molecular weight is 377 g/mol. The number of carbonyl (C=O) groups excluding carboxylic acids is 1. The van der Waals surface area contributed by atoms with Gasteiger partial charge in [-0.05, 0) is 37.3 Å². The van der Waals surface area contributed by atoms with Crippen molar-refractivity contribution in [3.8, 4) is 17.4 Å². The topological polar surface area (TPSA) is 94.1 Å². The number of hydrogen-bond acceptors (Lipinski definition) is 5. The standard InChI is InChI=1S/C20H19N5O3/c1-12-10-18(23-19(26)13-8-9-16(27-2)17(11-13)28-3)25(24-12)20-21-14-6-4-5-7-15(14)22-20/h4-11H,1-3H3,(H,21,22)(H,23,26). The molecule has 4 aromatic rings. The molecule has 0 saturated carbocycles. The summed E-state index contributed by atoms with van der Waals surface area (Å²) in [5, 5.41) is 7.33. The molecule has 1 amide bonds. The highest BCUT2D eigenvalue weighted by Gasteiger charge is 2.16. The fourth-order valence-electron chi connectivity index (χ4n) is 2.96. The zero-order chi connectivity index (χ0) is 19.7. The molecule has 0 spiro atoms. The van der Waals surface area contributed by atoms with Crippen molar-refractivity contribution < 1.29 is 14.3 Å². The number of aromatic amines is 1. The predicted molar refractivity (Wildman–Crippen MR) is 105 cm³/mol. The number of imidazole rings is 1. The van der Waals surface area contributed by atoms with Crippen LogP contribution in [0.2, 0.25) is 0 Å². The number of nitrogens with one attached hydrogen (secondary N) is 2. The molecule has 0 unspecified atom stereocenters. The van der Waals surface area contributed by atoms with E-state index < -0.39 is 0 Å². The van der Waals surface area contributed by atoms with E-state index in [1.165, 1.54) is 7.11 Å². The van der Waals surface area contributed by atoms with Gasteiger partial charge < -0.3 is 19.8 Å². The Bertz CT molecular complexity index is 1130. The van der Waals surface area contributed by atoms with Crippen molar-refractivity contribution in [2.45, 2.75) is 6.92 Å². The minimum absolute atomic E-state index is 0.293. The molecular weight excluding hydrogens is 358 g/mol. The summed E-state index contributed by atoms with van der Waals surface area (Å²) in [5.41, 5.74) is 2.90. The lowest BCUT2D eigenvalue weighted by Crippen LogP contribution is -2.15. The van der Waals surface area contributed by atoms with Crippen LogP contribution in [0.4, 0.5) is 5.82 Å². The van der Waals surface area contributed by atoms with Crippen LogP contribution in [0.15, 0.2) is 48.5 Å². The van der Waals surface area contributed by atoms with Crippen LogP contribution >= 0.6 is 0 Å². The number of para-hydroxylation sites is 2. The Kier molecular flexibility index (Phi) is 4.44. The molecule has 8 heteroatoms. The number of benzene rings is 2. The number of methoxy groups -OCH3 is 2. The van der Waals surface area contributed by atoms with Gasteiger partial charge in [0.15, 0.2) is 11.5 Å². The van der Waals surface area contributed by atoms with E-state index in [0.717, 1.165) is 16.7 Å². The third-order valence-electron chi connectivity index (χ3n) is 4.30. The van der Waals surface area contributed by atoms with Crippen molar-refractivity contribution in [2.75, 3.05) is 19.5 Å². The molecule has 0 fully saturated rings. The maximum atomic E-state index is 12.8. The lowest BCUT2D eigenvalue weighted by atomic mass is 10.2. The van der Waals surface area contributed by atoms with Crippen LogP contribution in [0.5, 0.6) is 11.5 Å². The summed E-state index contributed by atoms with van der Waals surface area (Å²) in [6.45, 7) is 1.85. The summed E-state index contributed by atoms with van der Waals surface area (Å²) in [6, 6.07) is 14.5. The highest BCUT2D eigenvalue weighted by Crippen LogP contribution is 2.28. The van der Waals surface area contributed by atoms with E-state index in [1.54, 1.807) is 36.1 Å². The lowest BCUT2D eigenvalue weighted by molar-refractivity contribution is 0.102. The summed E-state index contributed by atoms with van der Waals surface area (Å²) in [4.78, 5) is 20.5. The highest BCUT2D eigenvalue weighted by molar-refractivity contribution is 6.04. The number of fused-ring (bicyclic) bond motifs is 1. The molecule has 0 aliphatic carbocycles. The minimum atomic E-state index is -0.293. The zero-order valence-corrected chi connectivity index (χ0v) is 15.7. The van der Waals surface area contributed by atoms with E-state index in [1.807, 2.05) is 31.2 Å². The van der Waals surface area contributed by atoms with Gasteiger partial charge in [-0.3, -0.25) is 4.79 Å². The Morgan fingerprint density at radius 3 is 2.61 bits per heavy atom. The van der Waals surface area contributed by atoms with Crippen molar-refractivity contribution in [1.29, 1.82) is 0 Å². The second-order valence-corrected chi connectivity index (χ2v) is 6.18. The van der Waals surface area contributed by atoms with Gasteiger partial charge >= 0.3 is 0 Å². The first kappa shape index (κ1) is 17.6. The number of anilines is 1. The molecule has 0 bridgehead atoms. The van der Waals surface area contributed by atoms with E-state index in [4.69, 9.17) is 9.47 Å². The molecule has 0 radical (unpaired) electrons. The van der Waals surface area contributed by atoms with Crippen molar-refractivity contribution in [2.24, 2.45) is 0 Å². The van der Waals surface area contributed by atoms with E-state index >= 15 is 0 Å². The summed E-state index contributed by atoms with van der Waals surface area (Å²) in [7, 11) is 3.08. The Morgan fingerprint density at radius 2 is 1.86 bits per heavy atom. The molecule has 0 aliphatic heterocycles. The third-order valence-corrected chi connectivity index (χ3v) is 4.30. The first-order valence-electron chi connectivity index (χ1n) is 8.64. The molecule has 2 N–H and O–H groups in total. The smallest absolute Gasteiger partial charge is 0.256 e. The molecule has 8 nitrogen and oxygen atoms in total. The first-order chi connectivity index (χ1) is 13.6. The van der Waals surface area contributed by atoms with E-state index in [-0.39, 0.29) is 5.91 Å². The van der Waals surface area contributed by atoms with Gasteiger partial charge in [0.2, 0.25) is 5.95 Å². The number of ether oxygens (including phenoxy) is 2. The number of aryl methyl sites for hydroxylation is 1. The van der Waals surface area contributed by atoms with Gasteiger partial charge in [0, 0.05) is 11.6 Å². The molecule has 0 aliphatic rings. The number of aromatic nitrogens is 4. The number of H-pyrrole nitrogens is 1. The Labute approximate surface area is 161 Å². The molecule has 2 aromatic heterocycles. The molecule has 2 aromatic carbocycles. The second kappa shape index (κ2) is 7.07. The third kappa shape index (κ3) is 3.16. The Morgan fingerprint density at radius 1 is 1.07 bits per heavy atom. The fourth-order valence-corrected chi connectivity index (χ4v) is 2.96. The molecular formula is C20H19N5O3. The summed E-state index contributed by atoms with van der Waals surface area (Å²) in [6.07, 6.45) is 0. The van der Waals surface area contributed by atoms with Crippen LogP contribution in [0.1, 0.15) is 16.1 Å². The van der Waals surface area contributed by atoms with Gasteiger partial charge in [-0.15, -0.1) is 0 Å². The molecule has 0 saturated heterocycles. The maximum Gasteiger partial charge on any atom is 0.256 e. The van der Waals surface area contributed by atoms with E-state index in [0.29, 0.717) is 28.8 Å². The van der Waals surface area contributed by atoms with Crippen molar-refractivity contribution in [3.63, 3.8) is 0 Å². The zero-order valence-electron chi connectivity index (χ0n) is 15.7. The van der Waals surface area contributed by atoms with Gasteiger partial charge in [0.25, 0.3) is 5.91 Å². The fraction of sp³-hybridized carbons (Fsp3) is 0.150. The SMILES string of the molecule is COc1ccc(C(=O)Nc2cc(C)nn2-c2nc3ccccc3[nH]2)cc1OC.